The summed E-state index contributed by atoms with van der Waals surface area (Å²) in [4.78, 5) is 13.6. The highest BCUT2D eigenvalue weighted by atomic mass is 35.5. The molecule has 0 radical (unpaired) electrons. The van der Waals surface area contributed by atoms with Gasteiger partial charge in [-0.3, -0.25) is 0 Å². The third-order valence-electron chi connectivity index (χ3n) is 11.0. The van der Waals surface area contributed by atoms with Crippen LogP contribution in [0.25, 0.3) is 72.2 Å². The Bertz CT molecular complexity index is 2850. The van der Waals surface area contributed by atoms with Crippen LogP contribution in [0.4, 0.5) is 0 Å². The van der Waals surface area contributed by atoms with Crippen LogP contribution in [0.1, 0.15) is 26.3 Å². The highest BCUT2D eigenvalue weighted by Gasteiger charge is 2.54. The zero-order chi connectivity index (χ0) is 36.6. The monoisotopic (exact) mass is 724 g/mol. The second-order valence-electron chi connectivity index (χ2n) is 14.7. The second-order valence-corrected chi connectivity index (χ2v) is 15.0. The van der Waals surface area contributed by atoms with Gasteiger partial charge in [-0.2, -0.15) is 9.97 Å². The summed E-state index contributed by atoms with van der Waals surface area (Å²) in [5.41, 5.74) is 7.44. The quantitative estimate of drug-likeness (QED) is 0.159. The van der Waals surface area contributed by atoms with Gasteiger partial charge < -0.3 is 18.3 Å². The average molecular weight is 725 g/mol. The Hall–Kier alpha value is -5.80. The summed E-state index contributed by atoms with van der Waals surface area (Å²) < 4.78 is 22.4. The number of benzene rings is 6. The molecule has 0 saturated carbocycles. The van der Waals surface area contributed by atoms with Crippen LogP contribution in [0.15, 0.2) is 144 Å². The zero-order valence-electron chi connectivity index (χ0n) is 30.0. The molecule has 0 amide bonds. The van der Waals surface area contributed by atoms with Crippen molar-refractivity contribution in [3.63, 3.8) is 0 Å². The van der Waals surface area contributed by atoms with Crippen molar-refractivity contribution in [2.45, 2.75) is 38.4 Å². The van der Waals surface area contributed by atoms with Crippen molar-refractivity contribution in [1.29, 1.82) is 0 Å². The Morgan fingerprint density at radius 2 is 1.22 bits per heavy atom. The number of para-hydroxylation sites is 2. The van der Waals surface area contributed by atoms with Gasteiger partial charge in [0.05, 0.1) is 22.2 Å². The highest BCUT2D eigenvalue weighted by Crippen LogP contribution is 2.41. The van der Waals surface area contributed by atoms with Crippen LogP contribution >= 0.6 is 11.6 Å². The smallest absolute Gasteiger partial charge is 0.456 e. The maximum Gasteiger partial charge on any atom is 0.494 e. The van der Waals surface area contributed by atoms with Crippen LogP contribution in [0.2, 0.25) is 5.28 Å². The van der Waals surface area contributed by atoms with E-state index in [1.54, 1.807) is 0 Å². The summed E-state index contributed by atoms with van der Waals surface area (Å²) in [6.07, 6.45) is 0.604. The second kappa shape index (κ2) is 12.4. The first kappa shape index (κ1) is 32.8. The first-order chi connectivity index (χ1) is 26.2. The lowest BCUT2D eigenvalue weighted by Crippen LogP contribution is -2.46. The fourth-order valence-electron chi connectivity index (χ4n) is 7.86. The Morgan fingerprint density at radius 3 is 1.96 bits per heavy atom. The van der Waals surface area contributed by atoms with Gasteiger partial charge in [0.1, 0.15) is 11.2 Å². The van der Waals surface area contributed by atoms with E-state index < -0.39 is 18.3 Å². The molecule has 0 spiro atoms. The summed E-state index contributed by atoms with van der Waals surface area (Å²) in [5, 5.41) is 4.72. The van der Waals surface area contributed by atoms with Gasteiger partial charge in [-0.1, -0.05) is 97.1 Å². The minimum atomic E-state index is -0.651. The SMILES string of the molecule is CC1(C)OB(c2ccc3c(c2)oc2cc(-n4c5ccccc5c5ccccc54)ccc23)OC1(C)Cc1cccc(-c2nc(Cl)nc(-c3ccccc3)n2)c1. The molecule has 1 aliphatic heterocycles. The van der Waals surface area contributed by atoms with Gasteiger partial charge in [0.2, 0.25) is 5.28 Å². The Labute approximate surface area is 317 Å². The molecule has 0 aliphatic carbocycles. The zero-order valence-corrected chi connectivity index (χ0v) is 30.7. The van der Waals surface area contributed by atoms with Crippen LogP contribution in [-0.2, 0) is 15.7 Å². The summed E-state index contributed by atoms with van der Waals surface area (Å²) >= 11 is 6.38. The largest absolute Gasteiger partial charge is 0.494 e. The summed E-state index contributed by atoms with van der Waals surface area (Å²) in [6, 6.07) is 47.7. The summed E-state index contributed by atoms with van der Waals surface area (Å²) in [6.45, 7) is 6.29. The first-order valence-electron chi connectivity index (χ1n) is 18.1. The number of nitrogens with zero attached hydrogens (tertiary/aromatic N) is 4. The molecule has 0 N–H and O–H groups in total. The molecule has 4 heterocycles. The molecule has 10 rings (SSSR count). The van der Waals surface area contributed by atoms with Crippen molar-refractivity contribution in [3.8, 4) is 28.5 Å². The lowest BCUT2D eigenvalue weighted by atomic mass is 9.78. The van der Waals surface area contributed by atoms with E-state index in [4.69, 9.17) is 30.3 Å². The van der Waals surface area contributed by atoms with Crippen molar-refractivity contribution in [2.24, 2.45) is 0 Å². The van der Waals surface area contributed by atoms with Gasteiger partial charge in [0.15, 0.2) is 11.6 Å². The predicted molar refractivity (Wildman–Crippen MR) is 218 cm³/mol. The summed E-state index contributed by atoms with van der Waals surface area (Å²) in [7, 11) is -0.574. The molecular weight excluding hydrogens is 691 g/mol. The van der Waals surface area contributed by atoms with E-state index >= 15 is 0 Å². The molecule has 9 heteroatoms. The number of hydrogen-bond acceptors (Lipinski definition) is 6. The number of furan rings is 1. The fourth-order valence-corrected chi connectivity index (χ4v) is 8.02. The lowest BCUT2D eigenvalue weighted by molar-refractivity contribution is -0.00876. The third-order valence-corrected chi connectivity index (χ3v) is 11.2. The predicted octanol–water partition coefficient (Wildman–Crippen LogP) is 10.4. The molecule has 9 aromatic rings. The van der Waals surface area contributed by atoms with E-state index in [0.717, 1.165) is 60.8 Å². The molecule has 1 fully saturated rings. The van der Waals surface area contributed by atoms with Crippen molar-refractivity contribution < 1.29 is 13.7 Å². The number of hydrogen-bond donors (Lipinski definition) is 0. The molecule has 1 aliphatic rings. The molecule has 3 aromatic heterocycles. The maximum atomic E-state index is 6.84. The maximum absolute atomic E-state index is 6.84. The minimum absolute atomic E-state index is 0.151. The molecule has 262 valence electrons. The molecule has 1 saturated heterocycles. The Balaban J connectivity index is 0.945. The number of fused-ring (bicyclic) bond motifs is 6. The van der Waals surface area contributed by atoms with Gasteiger partial charge in [-0.05, 0) is 79.8 Å². The van der Waals surface area contributed by atoms with Crippen molar-refractivity contribution in [3.05, 3.63) is 150 Å². The first-order valence-corrected chi connectivity index (χ1v) is 18.5. The highest BCUT2D eigenvalue weighted by molar-refractivity contribution is 6.62. The van der Waals surface area contributed by atoms with Crippen LogP contribution < -0.4 is 5.46 Å². The normalized spacial score (nSPS) is 17.0. The van der Waals surface area contributed by atoms with Crippen LogP contribution in [0.3, 0.4) is 0 Å². The molecule has 1 atom stereocenters. The Kier molecular flexibility index (Phi) is 7.53. The number of halogens is 1. The van der Waals surface area contributed by atoms with Gasteiger partial charge in [-0.15, -0.1) is 0 Å². The topological polar surface area (TPSA) is 75.2 Å². The van der Waals surface area contributed by atoms with Crippen molar-refractivity contribution >= 4 is 67.9 Å². The van der Waals surface area contributed by atoms with Crippen molar-refractivity contribution in [1.82, 2.24) is 19.5 Å². The van der Waals surface area contributed by atoms with Crippen LogP contribution in [-0.4, -0.2) is 37.8 Å². The average Bonchev–Trinajstić information content (AvgIpc) is 3.80. The van der Waals surface area contributed by atoms with E-state index in [1.807, 2.05) is 42.5 Å². The standard InChI is InChI=1S/C45H34BClN4O3/c1-44(2)45(3,27-28-12-11-15-30(24-28)42-48-41(49-43(47)50-42)29-13-5-4-6-14-29)54-46(53-44)31-20-22-35-36-23-21-32(26-40(36)52-39(35)25-31)51-37-18-9-7-16-33(37)34-17-8-10-19-38(34)51/h4-26H,27H2,1-3H3. The van der Waals surface area contributed by atoms with E-state index in [-0.39, 0.29) is 5.28 Å². The lowest BCUT2D eigenvalue weighted by Gasteiger charge is -2.36. The minimum Gasteiger partial charge on any atom is -0.456 e. The van der Waals surface area contributed by atoms with Gasteiger partial charge in [0.25, 0.3) is 0 Å². The van der Waals surface area contributed by atoms with E-state index in [2.05, 4.69) is 132 Å². The van der Waals surface area contributed by atoms with Crippen LogP contribution in [0, 0.1) is 0 Å². The van der Waals surface area contributed by atoms with Gasteiger partial charge in [-0.25, -0.2) is 4.98 Å². The molecule has 0 bridgehead atoms. The third kappa shape index (κ3) is 5.40. The van der Waals surface area contributed by atoms with E-state index in [1.165, 1.54) is 10.8 Å². The molecule has 1 unspecified atom stereocenters. The fraction of sp³-hybridized carbons (Fsp3) is 0.133. The van der Waals surface area contributed by atoms with Gasteiger partial charge in [0, 0.05) is 50.8 Å². The van der Waals surface area contributed by atoms with Gasteiger partial charge >= 0.3 is 7.12 Å². The van der Waals surface area contributed by atoms with Crippen molar-refractivity contribution in [2.75, 3.05) is 0 Å². The number of rotatable bonds is 6. The molecule has 6 aromatic carbocycles. The Morgan fingerprint density at radius 1 is 0.593 bits per heavy atom. The summed E-state index contributed by atoms with van der Waals surface area (Å²) in [5.74, 6) is 1.05. The molecule has 54 heavy (non-hydrogen) atoms. The molecular formula is C45H34BClN4O3. The molecule has 7 nitrogen and oxygen atoms in total. The van der Waals surface area contributed by atoms with E-state index in [9.17, 15) is 0 Å². The van der Waals surface area contributed by atoms with E-state index in [0.29, 0.717) is 18.1 Å². The van der Waals surface area contributed by atoms with Crippen LogP contribution in [0.5, 0.6) is 0 Å². The number of aromatic nitrogens is 4.